The number of benzene rings is 1. The second-order valence-electron chi connectivity index (χ2n) is 6.36. The fraction of sp³-hybridized carbons (Fsp3) is 0.667. The van der Waals surface area contributed by atoms with Gasteiger partial charge in [0.05, 0.1) is 0 Å². The maximum atomic E-state index is 14.0. The van der Waals surface area contributed by atoms with Crippen LogP contribution in [-0.2, 0) is 6.42 Å². The van der Waals surface area contributed by atoms with Gasteiger partial charge in [-0.2, -0.15) is 0 Å². The summed E-state index contributed by atoms with van der Waals surface area (Å²) in [6, 6.07) is 4.93. The van der Waals surface area contributed by atoms with Gasteiger partial charge in [-0.25, -0.2) is 4.39 Å². The molecule has 0 amide bonds. The molecular formula is C18H27ClFN. The molecule has 0 aliphatic heterocycles. The van der Waals surface area contributed by atoms with Crippen LogP contribution in [0.5, 0.6) is 0 Å². The Hall–Kier alpha value is -0.600. The van der Waals surface area contributed by atoms with Crippen LogP contribution < -0.4 is 5.32 Å². The highest BCUT2D eigenvalue weighted by atomic mass is 35.5. The molecule has 1 aromatic carbocycles. The van der Waals surface area contributed by atoms with E-state index in [1.807, 2.05) is 0 Å². The van der Waals surface area contributed by atoms with E-state index in [0.29, 0.717) is 16.9 Å². The molecule has 1 aromatic rings. The Bertz CT molecular complexity index is 449. The van der Waals surface area contributed by atoms with Gasteiger partial charge in [0.15, 0.2) is 0 Å². The predicted molar refractivity (Wildman–Crippen MR) is 88.3 cm³/mol. The summed E-state index contributed by atoms with van der Waals surface area (Å²) in [5.74, 6) is 1.91. The minimum Gasteiger partial charge on any atom is -0.317 e. The summed E-state index contributed by atoms with van der Waals surface area (Å²) in [6.45, 7) is 6.47. The largest absolute Gasteiger partial charge is 0.317 e. The summed E-state index contributed by atoms with van der Waals surface area (Å²) in [6.07, 6.45) is 5.86. The molecule has 0 bridgehead atoms. The molecule has 3 atom stereocenters. The highest BCUT2D eigenvalue weighted by molar-refractivity contribution is 6.30. The average molecular weight is 312 g/mol. The van der Waals surface area contributed by atoms with Gasteiger partial charge in [-0.1, -0.05) is 38.3 Å². The van der Waals surface area contributed by atoms with Crippen LogP contribution in [0.4, 0.5) is 4.39 Å². The van der Waals surface area contributed by atoms with Gasteiger partial charge in [-0.3, -0.25) is 0 Å². The topological polar surface area (TPSA) is 12.0 Å². The Morgan fingerprint density at radius 2 is 2.05 bits per heavy atom. The van der Waals surface area contributed by atoms with Gasteiger partial charge >= 0.3 is 0 Å². The van der Waals surface area contributed by atoms with Crippen molar-refractivity contribution in [2.75, 3.05) is 13.1 Å². The first-order valence-corrected chi connectivity index (χ1v) is 8.66. The molecule has 1 aliphatic carbocycles. The van der Waals surface area contributed by atoms with Crippen LogP contribution in [0.1, 0.15) is 45.1 Å². The van der Waals surface area contributed by atoms with E-state index in [-0.39, 0.29) is 5.82 Å². The SMILES string of the molecule is CCNCC1CCC(CC)CC1Cc1cc(Cl)ccc1F. The van der Waals surface area contributed by atoms with Crippen LogP contribution in [0.25, 0.3) is 0 Å². The zero-order chi connectivity index (χ0) is 15.2. The van der Waals surface area contributed by atoms with Crippen molar-refractivity contribution in [3.63, 3.8) is 0 Å². The van der Waals surface area contributed by atoms with Crippen molar-refractivity contribution in [1.82, 2.24) is 5.32 Å². The van der Waals surface area contributed by atoms with E-state index in [0.717, 1.165) is 31.0 Å². The zero-order valence-corrected chi connectivity index (χ0v) is 13.9. The van der Waals surface area contributed by atoms with Crippen molar-refractivity contribution < 1.29 is 4.39 Å². The third-order valence-corrected chi connectivity index (χ3v) is 5.21. The first-order chi connectivity index (χ1) is 10.1. The van der Waals surface area contributed by atoms with Crippen molar-refractivity contribution in [2.24, 2.45) is 17.8 Å². The molecule has 0 aromatic heterocycles. The Morgan fingerprint density at radius 1 is 1.24 bits per heavy atom. The maximum Gasteiger partial charge on any atom is 0.126 e. The zero-order valence-electron chi connectivity index (χ0n) is 13.2. The fourth-order valence-electron chi connectivity index (χ4n) is 3.63. The molecule has 0 radical (unpaired) electrons. The van der Waals surface area contributed by atoms with E-state index < -0.39 is 0 Å². The van der Waals surface area contributed by atoms with Crippen LogP contribution >= 0.6 is 11.6 Å². The third kappa shape index (κ3) is 4.69. The molecule has 21 heavy (non-hydrogen) atoms. The fourth-order valence-corrected chi connectivity index (χ4v) is 3.82. The summed E-state index contributed by atoms with van der Waals surface area (Å²) >= 11 is 6.03. The van der Waals surface area contributed by atoms with Gasteiger partial charge < -0.3 is 5.32 Å². The van der Waals surface area contributed by atoms with E-state index in [9.17, 15) is 4.39 Å². The van der Waals surface area contributed by atoms with Gasteiger partial charge in [0.25, 0.3) is 0 Å². The molecule has 118 valence electrons. The Balaban J connectivity index is 2.09. The second-order valence-corrected chi connectivity index (χ2v) is 6.79. The highest BCUT2D eigenvalue weighted by Gasteiger charge is 2.30. The first kappa shape index (κ1) is 16.8. The van der Waals surface area contributed by atoms with E-state index in [2.05, 4.69) is 19.2 Å². The van der Waals surface area contributed by atoms with Crippen LogP contribution in [0.3, 0.4) is 0 Å². The van der Waals surface area contributed by atoms with Crippen molar-refractivity contribution in [3.05, 3.63) is 34.6 Å². The molecule has 1 nitrogen and oxygen atoms in total. The van der Waals surface area contributed by atoms with E-state index in [1.165, 1.54) is 31.7 Å². The lowest BCUT2D eigenvalue weighted by Gasteiger charge is -2.36. The summed E-state index contributed by atoms with van der Waals surface area (Å²) < 4.78 is 14.0. The molecule has 1 N–H and O–H groups in total. The summed E-state index contributed by atoms with van der Waals surface area (Å²) in [5.41, 5.74) is 0.783. The Morgan fingerprint density at radius 3 is 2.76 bits per heavy atom. The average Bonchev–Trinajstić information content (AvgIpc) is 2.49. The molecule has 3 heteroatoms. The number of hydrogen-bond acceptors (Lipinski definition) is 1. The van der Waals surface area contributed by atoms with Crippen LogP contribution in [0, 0.1) is 23.6 Å². The van der Waals surface area contributed by atoms with Crippen molar-refractivity contribution in [2.45, 2.75) is 46.0 Å². The molecule has 2 rings (SSSR count). The van der Waals surface area contributed by atoms with Crippen LogP contribution in [0.15, 0.2) is 18.2 Å². The standard InChI is InChI=1S/C18H27ClFN/c1-3-13-5-6-14(12-21-4-2)15(9-13)10-16-11-17(19)7-8-18(16)20/h7-8,11,13-15,21H,3-6,9-10,12H2,1-2H3. The van der Waals surface area contributed by atoms with E-state index >= 15 is 0 Å². The number of halogens is 2. The van der Waals surface area contributed by atoms with E-state index in [1.54, 1.807) is 12.1 Å². The van der Waals surface area contributed by atoms with Gasteiger partial charge in [-0.05, 0) is 73.9 Å². The molecule has 1 aliphatic rings. The monoisotopic (exact) mass is 311 g/mol. The molecular weight excluding hydrogens is 285 g/mol. The lowest BCUT2D eigenvalue weighted by atomic mass is 9.71. The first-order valence-electron chi connectivity index (χ1n) is 8.28. The van der Waals surface area contributed by atoms with Crippen molar-refractivity contribution in [3.8, 4) is 0 Å². The Labute approximate surface area is 133 Å². The Kier molecular flexibility index (Phi) is 6.50. The van der Waals surface area contributed by atoms with Crippen LogP contribution in [0.2, 0.25) is 5.02 Å². The van der Waals surface area contributed by atoms with Crippen molar-refractivity contribution in [1.29, 1.82) is 0 Å². The number of hydrogen-bond donors (Lipinski definition) is 1. The summed E-state index contributed by atoms with van der Waals surface area (Å²) in [4.78, 5) is 0. The summed E-state index contributed by atoms with van der Waals surface area (Å²) in [5, 5.41) is 4.11. The van der Waals surface area contributed by atoms with Crippen molar-refractivity contribution >= 4 is 11.6 Å². The third-order valence-electron chi connectivity index (χ3n) is 4.97. The quantitative estimate of drug-likeness (QED) is 0.773. The van der Waals surface area contributed by atoms with Gasteiger partial charge in [0.1, 0.15) is 5.82 Å². The second kappa shape index (κ2) is 8.14. The molecule has 1 fully saturated rings. The molecule has 0 spiro atoms. The highest BCUT2D eigenvalue weighted by Crippen LogP contribution is 2.37. The minimum absolute atomic E-state index is 0.111. The number of rotatable bonds is 6. The minimum atomic E-state index is -0.111. The van der Waals surface area contributed by atoms with Gasteiger partial charge in [0.2, 0.25) is 0 Å². The smallest absolute Gasteiger partial charge is 0.126 e. The molecule has 1 saturated carbocycles. The maximum absolute atomic E-state index is 14.0. The summed E-state index contributed by atoms with van der Waals surface area (Å²) in [7, 11) is 0. The lowest BCUT2D eigenvalue weighted by molar-refractivity contribution is 0.171. The number of nitrogens with one attached hydrogen (secondary N) is 1. The normalized spacial score (nSPS) is 26.0. The molecule has 0 heterocycles. The molecule has 0 saturated heterocycles. The van der Waals surface area contributed by atoms with Gasteiger partial charge in [-0.15, -0.1) is 0 Å². The van der Waals surface area contributed by atoms with Crippen LogP contribution in [-0.4, -0.2) is 13.1 Å². The molecule has 3 unspecified atom stereocenters. The van der Waals surface area contributed by atoms with E-state index in [4.69, 9.17) is 11.6 Å². The predicted octanol–water partition coefficient (Wildman–Crippen LogP) is 5.07. The lowest BCUT2D eigenvalue weighted by Crippen LogP contribution is -2.34. The van der Waals surface area contributed by atoms with Gasteiger partial charge in [0, 0.05) is 5.02 Å².